The van der Waals surface area contributed by atoms with E-state index in [9.17, 15) is 0 Å². The molecular weight excluding hydrogens is 222 g/mol. The van der Waals surface area contributed by atoms with Crippen LogP contribution in [0.3, 0.4) is 0 Å². The number of imidazole rings is 1. The molecule has 5 N–H and O–H groups in total. The molecule has 2 aromatic heterocycles. The molecule has 0 spiro atoms. The zero-order valence-corrected chi connectivity index (χ0v) is 9.30. The summed E-state index contributed by atoms with van der Waals surface area (Å²) in [5.41, 5.74) is 7.64. The van der Waals surface area contributed by atoms with Gasteiger partial charge in [0.25, 0.3) is 0 Å². The fourth-order valence-electron chi connectivity index (χ4n) is 1.67. The van der Waals surface area contributed by atoms with E-state index in [0.29, 0.717) is 18.5 Å². The number of aromatic amines is 1. The summed E-state index contributed by atoms with van der Waals surface area (Å²) < 4.78 is 0. The van der Waals surface area contributed by atoms with E-state index >= 15 is 0 Å². The van der Waals surface area contributed by atoms with Gasteiger partial charge in [-0.3, -0.25) is 0 Å². The highest BCUT2D eigenvalue weighted by molar-refractivity contribution is 5.73. The Labute approximate surface area is 97.7 Å². The Morgan fingerprint density at radius 2 is 2.06 bits per heavy atom. The van der Waals surface area contributed by atoms with Gasteiger partial charge in [0.2, 0.25) is 5.95 Å². The molecular formula is C10H15N5O2. The fraction of sp³-hybridized carbons (Fsp3) is 0.500. The highest BCUT2D eigenvalue weighted by atomic mass is 16.3. The van der Waals surface area contributed by atoms with Crippen LogP contribution in [-0.2, 0) is 6.42 Å². The van der Waals surface area contributed by atoms with E-state index in [1.807, 2.05) is 0 Å². The van der Waals surface area contributed by atoms with Gasteiger partial charge in [-0.15, -0.1) is 0 Å². The van der Waals surface area contributed by atoms with Crippen LogP contribution in [0, 0.1) is 5.92 Å². The van der Waals surface area contributed by atoms with Crippen LogP contribution in [0.2, 0.25) is 0 Å². The van der Waals surface area contributed by atoms with Crippen molar-refractivity contribution in [1.82, 2.24) is 19.9 Å². The molecule has 17 heavy (non-hydrogen) atoms. The minimum Gasteiger partial charge on any atom is -0.396 e. The van der Waals surface area contributed by atoms with Gasteiger partial charge in [-0.25, -0.2) is 9.97 Å². The lowest BCUT2D eigenvalue weighted by Gasteiger charge is -2.10. The first-order chi connectivity index (χ1) is 8.24. The number of anilines is 1. The topological polar surface area (TPSA) is 121 Å². The van der Waals surface area contributed by atoms with Gasteiger partial charge in [0.05, 0.1) is 12.0 Å². The number of aliphatic hydroxyl groups is 2. The van der Waals surface area contributed by atoms with Crippen molar-refractivity contribution in [2.45, 2.75) is 12.8 Å². The van der Waals surface area contributed by atoms with Crippen molar-refractivity contribution in [1.29, 1.82) is 0 Å². The monoisotopic (exact) mass is 237 g/mol. The fourth-order valence-corrected chi connectivity index (χ4v) is 1.67. The Hall–Kier alpha value is -1.73. The Kier molecular flexibility index (Phi) is 3.50. The van der Waals surface area contributed by atoms with Gasteiger partial charge in [-0.2, -0.15) is 4.98 Å². The maximum absolute atomic E-state index is 8.99. The number of H-pyrrole nitrogens is 1. The molecule has 0 bridgehead atoms. The second kappa shape index (κ2) is 5.07. The third-order valence-corrected chi connectivity index (χ3v) is 2.68. The number of rotatable bonds is 5. The molecule has 2 rings (SSSR count). The highest BCUT2D eigenvalue weighted by Crippen LogP contribution is 2.16. The standard InChI is InChI=1S/C10H15N5O2/c11-10-14-7(2-1-6(3-16)4-17)8-9(15-10)13-5-12-8/h5-6,16-17H,1-4H2,(H3,11,12,13,14,15). The molecule has 0 saturated carbocycles. The van der Waals surface area contributed by atoms with E-state index in [0.717, 1.165) is 11.2 Å². The molecule has 2 heterocycles. The van der Waals surface area contributed by atoms with Crippen LogP contribution in [-0.4, -0.2) is 43.4 Å². The molecule has 2 aromatic rings. The summed E-state index contributed by atoms with van der Waals surface area (Å²) in [7, 11) is 0. The third-order valence-electron chi connectivity index (χ3n) is 2.68. The van der Waals surface area contributed by atoms with Crippen molar-refractivity contribution in [3.8, 4) is 0 Å². The SMILES string of the molecule is Nc1nc(CCC(CO)CO)c2[nH]cnc2n1. The lowest BCUT2D eigenvalue weighted by molar-refractivity contribution is 0.144. The Morgan fingerprint density at radius 3 is 2.76 bits per heavy atom. The molecule has 7 nitrogen and oxygen atoms in total. The third kappa shape index (κ3) is 2.51. The minimum absolute atomic E-state index is 0.0385. The van der Waals surface area contributed by atoms with Gasteiger partial charge in [-0.1, -0.05) is 0 Å². The number of nitrogens with one attached hydrogen (secondary N) is 1. The van der Waals surface area contributed by atoms with Gasteiger partial charge in [-0.05, 0) is 12.8 Å². The van der Waals surface area contributed by atoms with Crippen LogP contribution >= 0.6 is 0 Å². The van der Waals surface area contributed by atoms with Crippen LogP contribution < -0.4 is 5.73 Å². The average molecular weight is 237 g/mol. The molecule has 0 aliphatic carbocycles. The smallest absolute Gasteiger partial charge is 0.222 e. The zero-order chi connectivity index (χ0) is 12.3. The quantitative estimate of drug-likeness (QED) is 0.554. The number of aliphatic hydroxyl groups excluding tert-OH is 2. The molecule has 0 radical (unpaired) electrons. The summed E-state index contributed by atoms with van der Waals surface area (Å²) >= 11 is 0. The molecule has 0 saturated heterocycles. The maximum atomic E-state index is 8.99. The summed E-state index contributed by atoms with van der Waals surface area (Å²) in [5.74, 6) is 0.0494. The van der Waals surface area contributed by atoms with Crippen LogP contribution in [0.15, 0.2) is 6.33 Å². The molecule has 92 valence electrons. The van der Waals surface area contributed by atoms with E-state index in [4.69, 9.17) is 15.9 Å². The van der Waals surface area contributed by atoms with Crippen molar-refractivity contribution in [2.24, 2.45) is 5.92 Å². The lowest BCUT2D eigenvalue weighted by Crippen LogP contribution is -2.13. The number of nitrogens with two attached hydrogens (primary N) is 1. The van der Waals surface area contributed by atoms with Gasteiger partial charge in [0, 0.05) is 19.1 Å². The predicted octanol–water partition coefficient (Wildman–Crippen LogP) is -0.532. The number of hydrogen-bond acceptors (Lipinski definition) is 6. The summed E-state index contributed by atoms with van der Waals surface area (Å²) in [5, 5.41) is 18.0. The number of fused-ring (bicyclic) bond motifs is 1. The molecule has 7 heteroatoms. The van der Waals surface area contributed by atoms with E-state index in [2.05, 4.69) is 19.9 Å². The normalized spacial score (nSPS) is 11.5. The zero-order valence-electron chi connectivity index (χ0n) is 9.30. The first-order valence-corrected chi connectivity index (χ1v) is 5.41. The Balaban J connectivity index is 2.20. The molecule has 0 unspecified atom stereocenters. The van der Waals surface area contributed by atoms with Gasteiger partial charge in [0.15, 0.2) is 5.65 Å². The molecule has 0 aliphatic rings. The number of aromatic nitrogens is 4. The highest BCUT2D eigenvalue weighted by Gasteiger charge is 2.11. The summed E-state index contributed by atoms with van der Waals surface area (Å²) in [6, 6.07) is 0. The molecule has 0 aliphatic heterocycles. The first-order valence-electron chi connectivity index (χ1n) is 5.41. The van der Waals surface area contributed by atoms with Crippen LogP contribution in [0.5, 0.6) is 0 Å². The Bertz CT molecular complexity index is 494. The first kappa shape index (κ1) is 11.7. The number of hydrogen-bond donors (Lipinski definition) is 4. The van der Waals surface area contributed by atoms with Crippen molar-refractivity contribution in [3.63, 3.8) is 0 Å². The van der Waals surface area contributed by atoms with Crippen molar-refractivity contribution in [3.05, 3.63) is 12.0 Å². The second-order valence-corrected chi connectivity index (χ2v) is 3.90. The second-order valence-electron chi connectivity index (χ2n) is 3.90. The molecule has 0 aromatic carbocycles. The van der Waals surface area contributed by atoms with Crippen molar-refractivity contribution < 1.29 is 10.2 Å². The van der Waals surface area contributed by atoms with E-state index in [1.165, 1.54) is 6.33 Å². The van der Waals surface area contributed by atoms with Crippen LogP contribution in [0.25, 0.3) is 11.2 Å². The average Bonchev–Trinajstić information content (AvgIpc) is 2.78. The van der Waals surface area contributed by atoms with E-state index in [1.54, 1.807) is 0 Å². The minimum atomic E-state index is -0.135. The summed E-state index contributed by atoms with van der Waals surface area (Å²) in [6.07, 6.45) is 2.78. The van der Waals surface area contributed by atoms with Crippen molar-refractivity contribution >= 4 is 17.1 Å². The van der Waals surface area contributed by atoms with Gasteiger partial charge < -0.3 is 20.9 Å². The molecule has 0 atom stereocenters. The Morgan fingerprint density at radius 1 is 1.29 bits per heavy atom. The molecule has 0 fully saturated rings. The predicted molar refractivity (Wildman–Crippen MR) is 62.1 cm³/mol. The lowest BCUT2D eigenvalue weighted by atomic mass is 10.0. The number of aryl methyl sites for hydroxylation is 1. The summed E-state index contributed by atoms with van der Waals surface area (Å²) in [4.78, 5) is 15.1. The van der Waals surface area contributed by atoms with Crippen LogP contribution in [0.1, 0.15) is 12.1 Å². The number of nitrogen functional groups attached to an aromatic ring is 1. The summed E-state index contributed by atoms with van der Waals surface area (Å²) in [6.45, 7) is -0.0770. The van der Waals surface area contributed by atoms with E-state index in [-0.39, 0.29) is 25.1 Å². The largest absolute Gasteiger partial charge is 0.396 e. The molecule has 0 amide bonds. The van der Waals surface area contributed by atoms with Gasteiger partial charge in [0.1, 0.15) is 5.52 Å². The van der Waals surface area contributed by atoms with Crippen molar-refractivity contribution in [2.75, 3.05) is 18.9 Å². The van der Waals surface area contributed by atoms with Crippen LogP contribution in [0.4, 0.5) is 5.95 Å². The van der Waals surface area contributed by atoms with E-state index < -0.39 is 0 Å². The number of nitrogens with zero attached hydrogens (tertiary/aromatic N) is 3. The maximum Gasteiger partial charge on any atom is 0.222 e. The van der Waals surface area contributed by atoms with Gasteiger partial charge >= 0.3 is 0 Å².